The highest BCUT2D eigenvalue weighted by Crippen LogP contribution is 2.25. The van der Waals surface area contributed by atoms with Crippen molar-refractivity contribution in [2.45, 2.75) is 24.8 Å². The molecule has 0 heterocycles. The monoisotopic (exact) mass is 350 g/mol. The molecule has 0 saturated carbocycles. The van der Waals surface area contributed by atoms with Gasteiger partial charge in [0.2, 0.25) is 10.0 Å². The molecular weight excluding hydrogens is 328 g/mol. The molecule has 0 unspecified atom stereocenters. The maximum absolute atomic E-state index is 12.6. The zero-order valence-electron chi connectivity index (χ0n) is 12.7. The number of hydrogen-bond donors (Lipinski definition) is 1. The van der Waals surface area contributed by atoms with Gasteiger partial charge >= 0.3 is 0 Å². The summed E-state index contributed by atoms with van der Waals surface area (Å²) in [7, 11) is -1.95. The van der Waals surface area contributed by atoms with Crippen molar-refractivity contribution >= 4 is 33.4 Å². The van der Waals surface area contributed by atoms with Crippen LogP contribution in [0.1, 0.15) is 18.9 Å². The largest absolute Gasteiger partial charge is 0.313 e. The van der Waals surface area contributed by atoms with Crippen LogP contribution in [0.4, 0.5) is 0 Å². The van der Waals surface area contributed by atoms with Crippen molar-refractivity contribution in [3.63, 3.8) is 0 Å². The summed E-state index contributed by atoms with van der Waals surface area (Å²) < 4.78 is 26.5. The molecule has 0 bridgehead atoms. The smallest absolute Gasteiger partial charge is 0.244 e. The molecule has 0 radical (unpaired) electrons. The fraction of sp³-hybridized carbons (Fsp3) is 0.571. The normalized spacial score (nSPS) is 12.0. The summed E-state index contributed by atoms with van der Waals surface area (Å²) in [5.74, 6) is 0.755. The molecule has 1 aromatic rings. The van der Waals surface area contributed by atoms with E-state index in [4.69, 9.17) is 11.6 Å². The van der Waals surface area contributed by atoms with Gasteiger partial charge in [-0.3, -0.25) is 0 Å². The molecule has 0 spiro atoms. The average molecular weight is 351 g/mol. The van der Waals surface area contributed by atoms with E-state index in [1.54, 1.807) is 30.9 Å². The van der Waals surface area contributed by atoms with Crippen LogP contribution in [0.2, 0.25) is 5.02 Å². The van der Waals surface area contributed by atoms with Crippen LogP contribution in [0.15, 0.2) is 23.1 Å². The molecule has 0 aliphatic heterocycles. The minimum Gasteiger partial charge on any atom is -0.313 e. The number of sulfonamides is 1. The Morgan fingerprint density at radius 2 is 2.10 bits per heavy atom. The molecule has 1 N–H and O–H groups in total. The van der Waals surface area contributed by atoms with Crippen LogP contribution in [0.5, 0.6) is 0 Å². The molecule has 0 amide bonds. The lowest BCUT2D eigenvalue weighted by atomic mass is 10.2. The van der Waals surface area contributed by atoms with E-state index in [9.17, 15) is 8.42 Å². The maximum Gasteiger partial charge on any atom is 0.244 e. The molecule has 7 heteroatoms. The second-order valence-corrected chi connectivity index (χ2v) is 8.17. The van der Waals surface area contributed by atoms with Gasteiger partial charge in [-0.2, -0.15) is 11.8 Å². The molecule has 0 atom stereocenters. The second-order valence-electron chi connectivity index (χ2n) is 4.76. The predicted octanol–water partition coefficient (Wildman–Crippen LogP) is 2.82. The average Bonchev–Trinajstić information content (AvgIpc) is 2.46. The molecule has 4 nitrogen and oxygen atoms in total. The first-order valence-electron chi connectivity index (χ1n) is 6.88. The molecular formula is C14H23ClN2O2S2. The van der Waals surface area contributed by atoms with E-state index in [-0.39, 0.29) is 9.92 Å². The molecule has 0 aliphatic carbocycles. The van der Waals surface area contributed by atoms with Gasteiger partial charge in [0.25, 0.3) is 0 Å². The van der Waals surface area contributed by atoms with E-state index in [1.807, 2.05) is 12.3 Å². The second kappa shape index (κ2) is 9.00. The van der Waals surface area contributed by atoms with E-state index in [0.717, 1.165) is 24.3 Å². The lowest BCUT2D eigenvalue weighted by Gasteiger charge is -2.18. The third-order valence-corrected chi connectivity index (χ3v) is 5.98. The Morgan fingerprint density at radius 3 is 2.71 bits per heavy atom. The lowest BCUT2D eigenvalue weighted by molar-refractivity contribution is 0.488. The van der Waals surface area contributed by atoms with Crippen LogP contribution in [0.25, 0.3) is 0 Å². The van der Waals surface area contributed by atoms with Gasteiger partial charge in [0.15, 0.2) is 0 Å². The summed E-state index contributed by atoms with van der Waals surface area (Å²) in [4.78, 5) is 0.184. The van der Waals surface area contributed by atoms with Gasteiger partial charge in [-0.25, -0.2) is 12.7 Å². The molecule has 0 fully saturated rings. The van der Waals surface area contributed by atoms with Crippen molar-refractivity contribution in [1.29, 1.82) is 0 Å². The summed E-state index contributed by atoms with van der Waals surface area (Å²) in [5, 5.41) is 3.53. The number of benzene rings is 1. The van der Waals surface area contributed by atoms with E-state index >= 15 is 0 Å². The van der Waals surface area contributed by atoms with Gasteiger partial charge in [-0.05, 0) is 36.9 Å². The van der Waals surface area contributed by atoms with Crippen molar-refractivity contribution in [1.82, 2.24) is 9.62 Å². The van der Waals surface area contributed by atoms with Gasteiger partial charge in [0, 0.05) is 25.9 Å². The van der Waals surface area contributed by atoms with Gasteiger partial charge in [0.1, 0.15) is 4.90 Å². The fourth-order valence-corrected chi connectivity index (χ4v) is 4.04. The van der Waals surface area contributed by atoms with Crippen molar-refractivity contribution < 1.29 is 8.42 Å². The highest BCUT2D eigenvalue weighted by molar-refractivity contribution is 7.98. The Hall–Kier alpha value is -0.270. The molecule has 120 valence electrons. The Kier molecular flexibility index (Phi) is 8.05. The van der Waals surface area contributed by atoms with E-state index in [0.29, 0.717) is 13.1 Å². The molecule has 0 saturated heterocycles. The van der Waals surface area contributed by atoms with Crippen molar-refractivity contribution in [2.75, 3.05) is 32.1 Å². The van der Waals surface area contributed by atoms with Crippen LogP contribution < -0.4 is 5.32 Å². The first-order chi connectivity index (χ1) is 9.93. The fourth-order valence-electron chi connectivity index (χ4n) is 1.77. The highest BCUT2D eigenvalue weighted by Gasteiger charge is 2.23. The van der Waals surface area contributed by atoms with Crippen LogP contribution in [0, 0.1) is 0 Å². The summed E-state index contributed by atoms with van der Waals surface area (Å²) in [6.45, 7) is 4.10. The highest BCUT2D eigenvalue weighted by atomic mass is 35.5. The Morgan fingerprint density at radius 1 is 1.38 bits per heavy atom. The standard InChI is InChI=1S/C14H23ClN2O2S2/c1-4-7-16-11-12-5-6-13(15)14(10-12)21(18,19)17(2)8-9-20-3/h5-6,10,16H,4,7-9,11H2,1-3H3. The van der Waals surface area contributed by atoms with Crippen LogP contribution >= 0.6 is 23.4 Å². The third-order valence-electron chi connectivity index (χ3n) is 3.05. The molecule has 0 aromatic heterocycles. The summed E-state index contributed by atoms with van der Waals surface area (Å²) in [6.07, 6.45) is 2.99. The van der Waals surface area contributed by atoms with E-state index in [2.05, 4.69) is 12.2 Å². The minimum atomic E-state index is -3.53. The lowest BCUT2D eigenvalue weighted by Crippen LogP contribution is -2.29. The van der Waals surface area contributed by atoms with E-state index < -0.39 is 10.0 Å². The predicted molar refractivity (Wildman–Crippen MR) is 91.6 cm³/mol. The number of nitrogens with zero attached hydrogens (tertiary/aromatic N) is 1. The SMILES string of the molecule is CCCNCc1ccc(Cl)c(S(=O)(=O)N(C)CCSC)c1. The molecule has 21 heavy (non-hydrogen) atoms. The van der Waals surface area contributed by atoms with Crippen molar-refractivity contribution in [3.05, 3.63) is 28.8 Å². The molecule has 1 rings (SSSR count). The minimum absolute atomic E-state index is 0.184. The zero-order chi connectivity index (χ0) is 15.9. The number of hydrogen-bond acceptors (Lipinski definition) is 4. The molecule has 1 aromatic carbocycles. The quantitative estimate of drug-likeness (QED) is 0.696. The summed E-state index contributed by atoms with van der Waals surface area (Å²) in [6, 6.07) is 5.17. The Labute approximate surface area is 137 Å². The van der Waals surface area contributed by atoms with Crippen LogP contribution in [-0.4, -0.2) is 44.9 Å². The van der Waals surface area contributed by atoms with Crippen LogP contribution in [-0.2, 0) is 16.6 Å². The van der Waals surface area contributed by atoms with Crippen LogP contribution in [0.3, 0.4) is 0 Å². The zero-order valence-corrected chi connectivity index (χ0v) is 15.1. The maximum atomic E-state index is 12.6. The number of nitrogens with one attached hydrogen (secondary N) is 1. The van der Waals surface area contributed by atoms with E-state index in [1.165, 1.54) is 4.31 Å². The topological polar surface area (TPSA) is 49.4 Å². The number of rotatable bonds is 9. The van der Waals surface area contributed by atoms with Gasteiger partial charge < -0.3 is 5.32 Å². The number of halogens is 1. The summed E-state index contributed by atoms with van der Waals surface area (Å²) >= 11 is 7.70. The first kappa shape index (κ1) is 18.8. The van der Waals surface area contributed by atoms with Crippen molar-refractivity contribution in [2.24, 2.45) is 0 Å². The Balaban J connectivity index is 2.96. The summed E-state index contributed by atoms with van der Waals surface area (Å²) in [5.41, 5.74) is 0.921. The first-order valence-corrected chi connectivity index (χ1v) is 10.1. The van der Waals surface area contributed by atoms with Gasteiger partial charge in [-0.1, -0.05) is 24.6 Å². The van der Waals surface area contributed by atoms with Gasteiger partial charge in [0.05, 0.1) is 5.02 Å². The Bertz CT molecular complexity index is 550. The number of thioether (sulfide) groups is 1. The third kappa shape index (κ3) is 5.45. The van der Waals surface area contributed by atoms with Gasteiger partial charge in [-0.15, -0.1) is 0 Å². The molecule has 0 aliphatic rings. The van der Waals surface area contributed by atoms with Crippen molar-refractivity contribution in [3.8, 4) is 0 Å².